The fourth-order valence-corrected chi connectivity index (χ4v) is 1.12. The van der Waals surface area contributed by atoms with E-state index in [1.807, 2.05) is 0 Å². The van der Waals surface area contributed by atoms with Crippen LogP contribution in [0.3, 0.4) is 0 Å². The predicted molar refractivity (Wildman–Crippen MR) is 55.2 cm³/mol. The van der Waals surface area contributed by atoms with Crippen LogP contribution in [0.4, 0.5) is 18.9 Å². The number of benzene rings is 1. The van der Waals surface area contributed by atoms with E-state index >= 15 is 0 Å². The van der Waals surface area contributed by atoms with Crippen LogP contribution in [0.15, 0.2) is 18.2 Å². The molecule has 0 saturated heterocycles. The SMILES string of the molecule is NC(=O)CCOc1ccc(C(F)(F)F)cc1N. The summed E-state index contributed by atoms with van der Waals surface area (Å²) >= 11 is 0. The smallest absolute Gasteiger partial charge is 0.416 e. The molecular formula is C10H11F3N2O2. The third kappa shape index (κ3) is 3.86. The number of anilines is 1. The molecule has 0 aliphatic heterocycles. The number of hydrogen-bond donors (Lipinski definition) is 2. The van der Waals surface area contributed by atoms with E-state index in [1.165, 1.54) is 0 Å². The molecule has 1 rings (SSSR count). The second-order valence-electron chi connectivity index (χ2n) is 3.32. The summed E-state index contributed by atoms with van der Waals surface area (Å²) < 4.78 is 41.9. The molecule has 0 aliphatic rings. The van der Waals surface area contributed by atoms with Gasteiger partial charge in [0.05, 0.1) is 24.3 Å². The molecule has 0 aromatic heterocycles. The lowest BCUT2D eigenvalue weighted by Crippen LogP contribution is -2.15. The second kappa shape index (κ2) is 4.94. The zero-order chi connectivity index (χ0) is 13.1. The minimum absolute atomic E-state index is 0.0229. The van der Waals surface area contributed by atoms with Crippen LogP contribution in [0.1, 0.15) is 12.0 Å². The van der Waals surface area contributed by atoms with Crippen molar-refractivity contribution in [2.45, 2.75) is 12.6 Å². The highest BCUT2D eigenvalue weighted by Gasteiger charge is 2.30. The van der Waals surface area contributed by atoms with E-state index < -0.39 is 17.6 Å². The number of nitrogen functional groups attached to an aromatic ring is 1. The minimum Gasteiger partial charge on any atom is -0.491 e. The minimum atomic E-state index is -4.44. The number of primary amides is 1. The van der Waals surface area contributed by atoms with Gasteiger partial charge in [0, 0.05) is 0 Å². The maximum Gasteiger partial charge on any atom is 0.416 e. The first-order chi connectivity index (χ1) is 7.80. The van der Waals surface area contributed by atoms with Crippen LogP contribution in [0.2, 0.25) is 0 Å². The first kappa shape index (κ1) is 13.1. The summed E-state index contributed by atoms with van der Waals surface area (Å²) in [5, 5.41) is 0. The average Bonchev–Trinajstić information content (AvgIpc) is 2.18. The lowest BCUT2D eigenvalue weighted by molar-refractivity contribution is -0.137. The summed E-state index contributed by atoms with van der Waals surface area (Å²) in [6.45, 7) is -0.0229. The van der Waals surface area contributed by atoms with Crippen LogP contribution < -0.4 is 16.2 Å². The highest BCUT2D eigenvalue weighted by molar-refractivity contribution is 5.73. The Hall–Kier alpha value is -1.92. The summed E-state index contributed by atoms with van der Waals surface area (Å²) in [4.78, 5) is 10.4. The van der Waals surface area contributed by atoms with E-state index in [-0.39, 0.29) is 24.5 Å². The van der Waals surface area contributed by atoms with Gasteiger partial charge in [-0.2, -0.15) is 13.2 Å². The molecule has 17 heavy (non-hydrogen) atoms. The number of ether oxygens (including phenoxy) is 1. The van der Waals surface area contributed by atoms with Crippen molar-refractivity contribution in [1.29, 1.82) is 0 Å². The summed E-state index contributed by atoms with van der Waals surface area (Å²) in [6, 6.07) is 2.74. The van der Waals surface area contributed by atoms with Gasteiger partial charge in [0.2, 0.25) is 5.91 Å². The lowest BCUT2D eigenvalue weighted by atomic mass is 10.2. The topological polar surface area (TPSA) is 78.3 Å². The number of alkyl halides is 3. The van der Waals surface area contributed by atoms with Crippen molar-refractivity contribution >= 4 is 11.6 Å². The first-order valence-electron chi connectivity index (χ1n) is 4.68. The van der Waals surface area contributed by atoms with Gasteiger partial charge in [-0.3, -0.25) is 4.79 Å². The van der Waals surface area contributed by atoms with E-state index in [1.54, 1.807) is 0 Å². The van der Waals surface area contributed by atoms with Crippen LogP contribution in [0.5, 0.6) is 5.75 Å². The zero-order valence-electron chi connectivity index (χ0n) is 8.75. The van der Waals surface area contributed by atoms with Gasteiger partial charge >= 0.3 is 6.18 Å². The summed E-state index contributed by atoms with van der Waals surface area (Å²) in [5.41, 5.74) is 9.29. The van der Waals surface area contributed by atoms with E-state index in [4.69, 9.17) is 16.2 Å². The van der Waals surface area contributed by atoms with Gasteiger partial charge in [-0.15, -0.1) is 0 Å². The molecule has 0 unspecified atom stereocenters. The highest BCUT2D eigenvalue weighted by Crippen LogP contribution is 2.33. The third-order valence-corrected chi connectivity index (χ3v) is 1.94. The molecule has 0 bridgehead atoms. The van der Waals surface area contributed by atoms with Crippen molar-refractivity contribution in [3.05, 3.63) is 23.8 Å². The summed E-state index contributed by atoms with van der Waals surface area (Å²) in [5.74, 6) is -0.463. The molecule has 94 valence electrons. The highest BCUT2D eigenvalue weighted by atomic mass is 19.4. The van der Waals surface area contributed by atoms with Gasteiger partial charge in [0.15, 0.2) is 0 Å². The standard InChI is InChI=1S/C10H11F3N2O2/c11-10(12,13)6-1-2-8(7(14)5-6)17-4-3-9(15)16/h1-2,5H,3-4,14H2,(H2,15,16). The van der Waals surface area contributed by atoms with Crippen molar-refractivity contribution in [2.75, 3.05) is 12.3 Å². The fourth-order valence-electron chi connectivity index (χ4n) is 1.12. The van der Waals surface area contributed by atoms with Crippen LogP contribution in [0, 0.1) is 0 Å². The van der Waals surface area contributed by atoms with Crippen molar-refractivity contribution in [1.82, 2.24) is 0 Å². The third-order valence-electron chi connectivity index (χ3n) is 1.94. The van der Waals surface area contributed by atoms with Gasteiger partial charge < -0.3 is 16.2 Å². The maximum absolute atomic E-state index is 12.3. The number of carbonyl (C=O) groups excluding carboxylic acids is 1. The molecule has 0 atom stereocenters. The van der Waals surface area contributed by atoms with Crippen molar-refractivity contribution in [3.63, 3.8) is 0 Å². The lowest BCUT2D eigenvalue weighted by Gasteiger charge is -2.11. The molecule has 1 aromatic carbocycles. The van der Waals surface area contributed by atoms with Crippen LogP contribution in [-0.4, -0.2) is 12.5 Å². The van der Waals surface area contributed by atoms with E-state index in [0.29, 0.717) is 0 Å². The Labute approximate surface area is 95.3 Å². The molecule has 0 spiro atoms. The Morgan fingerprint density at radius 1 is 1.35 bits per heavy atom. The number of carbonyl (C=O) groups is 1. The average molecular weight is 248 g/mol. The molecule has 0 saturated carbocycles. The molecule has 4 nitrogen and oxygen atoms in total. The van der Waals surface area contributed by atoms with Gasteiger partial charge in [-0.1, -0.05) is 0 Å². The van der Waals surface area contributed by atoms with Crippen LogP contribution in [0.25, 0.3) is 0 Å². The van der Waals surface area contributed by atoms with E-state index in [2.05, 4.69) is 0 Å². The van der Waals surface area contributed by atoms with E-state index in [0.717, 1.165) is 18.2 Å². The number of amides is 1. The number of halogens is 3. The molecule has 0 heterocycles. The number of hydrogen-bond acceptors (Lipinski definition) is 3. The van der Waals surface area contributed by atoms with Crippen molar-refractivity contribution < 1.29 is 22.7 Å². The maximum atomic E-state index is 12.3. The zero-order valence-corrected chi connectivity index (χ0v) is 8.75. The largest absolute Gasteiger partial charge is 0.491 e. The number of rotatable bonds is 4. The predicted octanol–water partition coefficient (Wildman–Crippen LogP) is 1.54. The summed E-state index contributed by atoms with van der Waals surface area (Å²) in [6.07, 6.45) is -4.47. The Kier molecular flexibility index (Phi) is 3.82. The van der Waals surface area contributed by atoms with E-state index in [9.17, 15) is 18.0 Å². The summed E-state index contributed by atoms with van der Waals surface area (Å²) in [7, 11) is 0. The quantitative estimate of drug-likeness (QED) is 0.793. The Bertz CT molecular complexity index is 419. The first-order valence-corrected chi connectivity index (χ1v) is 4.68. The van der Waals surface area contributed by atoms with Gasteiger partial charge in [0.25, 0.3) is 0 Å². The molecule has 4 N–H and O–H groups in total. The Morgan fingerprint density at radius 3 is 2.47 bits per heavy atom. The van der Waals surface area contributed by atoms with Crippen LogP contribution >= 0.6 is 0 Å². The van der Waals surface area contributed by atoms with Crippen molar-refractivity contribution in [3.8, 4) is 5.75 Å². The molecule has 0 fully saturated rings. The Balaban J connectivity index is 2.73. The number of nitrogens with two attached hydrogens (primary N) is 2. The second-order valence-corrected chi connectivity index (χ2v) is 3.32. The fraction of sp³-hybridized carbons (Fsp3) is 0.300. The molecule has 0 aliphatic carbocycles. The van der Waals surface area contributed by atoms with Crippen LogP contribution in [-0.2, 0) is 11.0 Å². The van der Waals surface area contributed by atoms with Gasteiger partial charge in [-0.05, 0) is 18.2 Å². The van der Waals surface area contributed by atoms with Gasteiger partial charge in [0.1, 0.15) is 5.75 Å². The Morgan fingerprint density at radius 2 is 2.00 bits per heavy atom. The molecular weight excluding hydrogens is 237 g/mol. The monoisotopic (exact) mass is 248 g/mol. The van der Waals surface area contributed by atoms with Crippen molar-refractivity contribution in [2.24, 2.45) is 5.73 Å². The molecule has 0 radical (unpaired) electrons. The molecule has 1 aromatic rings. The normalized spacial score (nSPS) is 11.2. The molecule has 1 amide bonds. The van der Waals surface area contributed by atoms with Gasteiger partial charge in [-0.25, -0.2) is 0 Å². The molecule has 7 heteroatoms.